The van der Waals surface area contributed by atoms with Gasteiger partial charge in [0.25, 0.3) is 5.91 Å². The monoisotopic (exact) mass is 430 g/mol. The number of carbonyl (C=O) groups is 2. The molecule has 0 aromatic carbocycles. The number of piperidine rings is 1. The Labute approximate surface area is 161 Å². The fraction of sp³-hybridized carbons (Fsp3) is 0.500. The van der Waals surface area contributed by atoms with Crippen LogP contribution in [0, 0.1) is 6.92 Å². The molecule has 150 valence electrons. The molecule has 2 rings (SSSR count). The summed E-state index contributed by atoms with van der Waals surface area (Å²) in [5.74, 6) is -3.41. The maximum absolute atomic E-state index is 12.6. The smallest absolute Gasteiger partial charge is 0.399 e. The molecule has 27 heavy (non-hydrogen) atoms. The molecule has 0 spiro atoms. The van der Waals surface area contributed by atoms with Crippen LogP contribution in [0.5, 0.6) is 0 Å². The molecule has 1 saturated heterocycles. The van der Waals surface area contributed by atoms with E-state index < -0.39 is 29.8 Å². The molecule has 0 saturated carbocycles. The molecule has 0 bridgehead atoms. The van der Waals surface area contributed by atoms with Gasteiger partial charge < -0.3 is 20.3 Å². The normalized spacial score (nSPS) is 19.1. The maximum atomic E-state index is 12.6. The van der Waals surface area contributed by atoms with Crippen molar-refractivity contribution in [3.8, 4) is 0 Å². The van der Waals surface area contributed by atoms with Crippen molar-refractivity contribution in [2.75, 3.05) is 20.2 Å². The number of carbonyl (C=O) groups excluding carboxylic acids is 2. The summed E-state index contributed by atoms with van der Waals surface area (Å²) in [7, 11) is 1.34. The highest BCUT2D eigenvalue weighted by Crippen LogP contribution is 2.32. The molecule has 1 aliphatic heterocycles. The molecule has 2 heterocycles. The van der Waals surface area contributed by atoms with Crippen LogP contribution in [-0.2, 0) is 9.63 Å². The predicted molar refractivity (Wildman–Crippen MR) is 90.0 cm³/mol. The minimum atomic E-state index is -5.27. The van der Waals surface area contributed by atoms with Crippen LogP contribution < -0.4 is 15.5 Å². The Kier molecular flexibility index (Phi) is 6.60. The molecule has 0 aliphatic carbocycles. The van der Waals surface area contributed by atoms with Crippen molar-refractivity contribution < 1.29 is 32.4 Å². The zero-order valence-corrected chi connectivity index (χ0v) is 15.6. The summed E-state index contributed by atoms with van der Waals surface area (Å²) >= 11 is 11.9. The molecule has 13 heteroatoms. The van der Waals surface area contributed by atoms with Crippen molar-refractivity contribution in [3.63, 3.8) is 0 Å². The van der Waals surface area contributed by atoms with Gasteiger partial charge in [0, 0.05) is 6.54 Å². The summed E-state index contributed by atoms with van der Waals surface area (Å²) in [4.78, 5) is 32.8. The van der Waals surface area contributed by atoms with E-state index in [9.17, 15) is 22.8 Å². The Bertz CT molecular complexity index is 779. The first-order valence-electron chi connectivity index (χ1n) is 7.55. The fourth-order valence-corrected chi connectivity index (χ4v) is 2.86. The molecule has 1 amide bonds. The van der Waals surface area contributed by atoms with Gasteiger partial charge in [-0.2, -0.15) is 17.9 Å². The SMILES string of the molecule is CON=C1CNCCC1NC(=O)c1c(Cl)c(Cl)c(C)n1OC(=O)C(F)(F)F. The standard InChI is InChI=1S/C14H15Cl2F3N4O4/c1-6-9(15)10(16)11(23(6)27-13(25)14(17,18)19)12(24)21-7-3-4-20-5-8(7)22-26-2/h7,20H,3-5H2,1-2H3,(H,21,24). The second-order valence-electron chi connectivity index (χ2n) is 5.49. The van der Waals surface area contributed by atoms with Crippen molar-refractivity contribution >= 4 is 40.8 Å². The number of rotatable bonds is 4. The van der Waals surface area contributed by atoms with Crippen molar-refractivity contribution in [2.24, 2.45) is 5.16 Å². The third kappa shape index (κ3) is 4.66. The van der Waals surface area contributed by atoms with E-state index in [4.69, 9.17) is 28.0 Å². The van der Waals surface area contributed by atoms with Gasteiger partial charge in [0.05, 0.1) is 27.5 Å². The molecule has 2 N–H and O–H groups in total. The fourth-order valence-electron chi connectivity index (χ4n) is 2.40. The van der Waals surface area contributed by atoms with E-state index in [2.05, 4.69) is 20.6 Å². The number of aromatic nitrogens is 1. The first-order valence-corrected chi connectivity index (χ1v) is 8.30. The van der Waals surface area contributed by atoms with Crippen LogP contribution in [-0.4, -0.2) is 54.7 Å². The zero-order chi connectivity index (χ0) is 20.4. The van der Waals surface area contributed by atoms with E-state index in [-0.39, 0.29) is 15.7 Å². The number of hydrogen-bond acceptors (Lipinski definition) is 6. The summed E-state index contributed by atoms with van der Waals surface area (Å²) < 4.78 is 37.9. The van der Waals surface area contributed by atoms with Crippen LogP contribution >= 0.6 is 23.2 Å². The molecule has 1 fully saturated rings. The summed E-state index contributed by atoms with van der Waals surface area (Å²) in [5.41, 5.74) is -0.200. The number of amides is 1. The Morgan fingerprint density at radius 1 is 1.33 bits per heavy atom. The third-order valence-corrected chi connectivity index (χ3v) is 4.61. The van der Waals surface area contributed by atoms with Gasteiger partial charge in [0.2, 0.25) is 0 Å². The van der Waals surface area contributed by atoms with Gasteiger partial charge in [-0.15, -0.1) is 0 Å². The van der Waals surface area contributed by atoms with Gasteiger partial charge >= 0.3 is 12.1 Å². The van der Waals surface area contributed by atoms with Gasteiger partial charge in [0.1, 0.15) is 7.11 Å². The topological polar surface area (TPSA) is 94.0 Å². The van der Waals surface area contributed by atoms with Crippen LogP contribution in [0.25, 0.3) is 0 Å². The average Bonchev–Trinajstić information content (AvgIpc) is 2.80. The Morgan fingerprint density at radius 3 is 2.59 bits per heavy atom. The highest BCUT2D eigenvalue weighted by atomic mass is 35.5. The van der Waals surface area contributed by atoms with Crippen LogP contribution in [0.2, 0.25) is 10.0 Å². The molecular formula is C14H15Cl2F3N4O4. The van der Waals surface area contributed by atoms with E-state index in [1.807, 2.05) is 0 Å². The van der Waals surface area contributed by atoms with Gasteiger partial charge in [0.15, 0.2) is 5.69 Å². The lowest BCUT2D eigenvalue weighted by atomic mass is 10.0. The third-order valence-electron chi connectivity index (χ3n) is 3.68. The summed E-state index contributed by atoms with van der Waals surface area (Å²) in [6, 6.07) is -0.560. The molecular weight excluding hydrogens is 416 g/mol. The van der Waals surface area contributed by atoms with Crippen molar-refractivity contribution in [1.82, 2.24) is 15.4 Å². The van der Waals surface area contributed by atoms with Crippen molar-refractivity contribution in [1.29, 1.82) is 0 Å². The minimum absolute atomic E-state index is 0.138. The second-order valence-corrected chi connectivity index (χ2v) is 6.25. The van der Waals surface area contributed by atoms with E-state index in [1.54, 1.807) is 0 Å². The number of alkyl halides is 3. The maximum Gasteiger partial charge on any atom is 0.493 e. The molecule has 1 aromatic rings. The number of nitrogens with zero attached hydrogens (tertiary/aromatic N) is 2. The second kappa shape index (κ2) is 8.36. The molecule has 8 nitrogen and oxygen atoms in total. The first kappa shape index (κ1) is 21.3. The Morgan fingerprint density at radius 2 is 2.00 bits per heavy atom. The van der Waals surface area contributed by atoms with Crippen molar-refractivity contribution in [2.45, 2.75) is 25.6 Å². The van der Waals surface area contributed by atoms with E-state index in [1.165, 1.54) is 14.0 Å². The number of nitrogens with one attached hydrogen (secondary N) is 2. The summed E-state index contributed by atoms with van der Waals surface area (Å²) in [6.45, 7) is 2.15. The lowest BCUT2D eigenvalue weighted by Gasteiger charge is -2.25. The summed E-state index contributed by atoms with van der Waals surface area (Å²) in [6.07, 6.45) is -4.82. The Hall–Kier alpha value is -1.98. The highest BCUT2D eigenvalue weighted by molar-refractivity contribution is 6.44. The molecule has 1 unspecified atom stereocenters. The van der Waals surface area contributed by atoms with Crippen LogP contribution in [0.3, 0.4) is 0 Å². The van der Waals surface area contributed by atoms with E-state index >= 15 is 0 Å². The largest absolute Gasteiger partial charge is 0.493 e. The highest BCUT2D eigenvalue weighted by Gasteiger charge is 2.43. The Balaban J connectivity index is 2.34. The lowest BCUT2D eigenvalue weighted by Crippen LogP contribution is -2.50. The minimum Gasteiger partial charge on any atom is -0.399 e. The number of oxime groups is 1. The molecule has 1 aromatic heterocycles. The predicted octanol–water partition coefficient (Wildman–Crippen LogP) is 1.71. The van der Waals surface area contributed by atoms with E-state index in [0.29, 0.717) is 30.0 Å². The van der Waals surface area contributed by atoms with Gasteiger partial charge in [-0.25, -0.2) is 4.79 Å². The quantitative estimate of drug-likeness (QED) is 0.709. The van der Waals surface area contributed by atoms with Gasteiger partial charge in [-0.05, 0) is 19.9 Å². The lowest BCUT2D eigenvalue weighted by molar-refractivity contribution is -0.200. The van der Waals surface area contributed by atoms with Gasteiger partial charge in [-0.1, -0.05) is 28.4 Å². The first-order chi connectivity index (χ1) is 12.6. The zero-order valence-electron chi connectivity index (χ0n) is 14.1. The average molecular weight is 431 g/mol. The number of halogens is 5. The molecule has 1 aliphatic rings. The molecule has 1 atom stereocenters. The van der Waals surface area contributed by atoms with Gasteiger partial charge in [-0.3, -0.25) is 4.79 Å². The van der Waals surface area contributed by atoms with Crippen molar-refractivity contribution in [3.05, 3.63) is 21.4 Å². The van der Waals surface area contributed by atoms with E-state index in [0.717, 1.165) is 0 Å². The molecule has 0 radical (unpaired) electrons. The van der Waals surface area contributed by atoms with Crippen LogP contribution in [0.15, 0.2) is 5.16 Å². The summed E-state index contributed by atoms with van der Waals surface area (Å²) in [5, 5.41) is 8.85. The van der Waals surface area contributed by atoms with Crippen LogP contribution in [0.4, 0.5) is 13.2 Å². The van der Waals surface area contributed by atoms with Crippen LogP contribution in [0.1, 0.15) is 22.6 Å². The number of hydrogen-bond donors (Lipinski definition) is 2.